The molecular formula is C11H14Br2N2O2S. The molecule has 7 heteroatoms. The Morgan fingerprint density at radius 1 is 1.39 bits per heavy atom. The Labute approximate surface area is 124 Å². The molecule has 1 aliphatic carbocycles. The summed E-state index contributed by atoms with van der Waals surface area (Å²) >= 11 is 6.58. The van der Waals surface area contributed by atoms with Crippen molar-refractivity contribution in [2.45, 2.75) is 30.7 Å². The molecule has 0 unspecified atom stereocenters. The number of anilines is 1. The summed E-state index contributed by atoms with van der Waals surface area (Å²) in [6.07, 6.45) is 1.86. The second-order valence-electron chi connectivity index (χ2n) is 4.25. The summed E-state index contributed by atoms with van der Waals surface area (Å²) in [5, 5.41) is 0. The number of hydrogen-bond acceptors (Lipinski definition) is 3. The van der Waals surface area contributed by atoms with Crippen LogP contribution >= 0.6 is 31.9 Å². The molecule has 0 aliphatic heterocycles. The third-order valence-electron chi connectivity index (χ3n) is 2.87. The molecule has 1 aromatic rings. The second kappa shape index (κ2) is 5.11. The predicted octanol–water partition coefficient (Wildman–Crippen LogP) is 2.97. The predicted molar refractivity (Wildman–Crippen MR) is 78.8 cm³/mol. The SMILES string of the molecule is CCN(C1CC1)S(=O)(=O)c1c(N)cc(Br)cc1Br. The van der Waals surface area contributed by atoms with Crippen molar-refractivity contribution in [3.05, 3.63) is 21.1 Å². The molecule has 18 heavy (non-hydrogen) atoms. The fourth-order valence-corrected chi connectivity index (χ4v) is 5.67. The van der Waals surface area contributed by atoms with Gasteiger partial charge < -0.3 is 5.73 Å². The van der Waals surface area contributed by atoms with Gasteiger partial charge in [0, 0.05) is 21.5 Å². The van der Waals surface area contributed by atoms with Crippen molar-refractivity contribution >= 4 is 47.6 Å². The monoisotopic (exact) mass is 396 g/mol. The Hall–Kier alpha value is -0.110. The molecule has 0 aromatic heterocycles. The van der Waals surface area contributed by atoms with Crippen molar-refractivity contribution in [1.82, 2.24) is 4.31 Å². The minimum atomic E-state index is -3.53. The highest BCUT2D eigenvalue weighted by molar-refractivity contribution is 9.11. The van der Waals surface area contributed by atoms with Crippen LogP contribution in [-0.4, -0.2) is 25.3 Å². The summed E-state index contributed by atoms with van der Waals surface area (Å²) in [6, 6.07) is 3.44. The van der Waals surface area contributed by atoms with Crippen LogP contribution in [0.1, 0.15) is 19.8 Å². The molecule has 0 spiro atoms. The molecule has 0 bridgehead atoms. The highest BCUT2D eigenvalue weighted by Gasteiger charge is 2.38. The molecule has 0 saturated heterocycles. The highest BCUT2D eigenvalue weighted by atomic mass is 79.9. The van der Waals surface area contributed by atoms with E-state index in [2.05, 4.69) is 31.9 Å². The zero-order chi connectivity index (χ0) is 13.5. The van der Waals surface area contributed by atoms with Gasteiger partial charge in [0.25, 0.3) is 0 Å². The van der Waals surface area contributed by atoms with Crippen LogP contribution < -0.4 is 5.73 Å². The molecule has 1 saturated carbocycles. The first-order valence-corrected chi connectivity index (χ1v) is 8.67. The number of nitrogens with two attached hydrogens (primary N) is 1. The van der Waals surface area contributed by atoms with Gasteiger partial charge in [-0.25, -0.2) is 8.42 Å². The number of nitrogen functional groups attached to an aromatic ring is 1. The third-order valence-corrected chi connectivity index (χ3v) is 6.36. The van der Waals surface area contributed by atoms with Crippen molar-refractivity contribution < 1.29 is 8.42 Å². The van der Waals surface area contributed by atoms with Crippen molar-refractivity contribution in [2.24, 2.45) is 0 Å². The van der Waals surface area contributed by atoms with Crippen LogP contribution in [0.25, 0.3) is 0 Å². The van der Waals surface area contributed by atoms with Gasteiger partial charge in [-0.15, -0.1) is 0 Å². The van der Waals surface area contributed by atoms with E-state index >= 15 is 0 Å². The van der Waals surface area contributed by atoms with Crippen molar-refractivity contribution in [3.8, 4) is 0 Å². The Morgan fingerprint density at radius 3 is 2.44 bits per heavy atom. The van der Waals surface area contributed by atoms with Gasteiger partial charge in [-0.1, -0.05) is 22.9 Å². The summed E-state index contributed by atoms with van der Waals surface area (Å²) in [7, 11) is -3.53. The summed E-state index contributed by atoms with van der Waals surface area (Å²) in [4.78, 5) is 0.166. The van der Waals surface area contributed by atoms with E-state index in [1.165, 1.54) is 4.31 Å². The summed E-state index contributed by atoms with van der Waals surface area (Å²) in [6.45, 7) is 2.31. The molecular weight excluding hydrogens is 384 g/mol. The number of halogens is 2. The number of benzene rings is 1. The lowest BCUT2D eigenvalue weighted by Crippen LogP contribution is -2.33. The second-order valence-corrected chi connectivity index (χ2v) is 7.84. The van der Waals surface area contributed by atoms with Gasteiger partial charge in [0.05, 0.1) is 5.69 Å². The lowest BCUT2D eigenvalue weighted by atomic mass is 10.3. The Morgan fingerprint density at radius 2 is 2.00 bits per heavy atom. The van der Waals surface area contributed by atoms with Gasteiger partial charge in [0.1, 0.15) is 4.90 Å². The molecule has 4 nitrogen and oxygen atoms in total. The number of hydrogen-bond donors (Lipinski definition) is 1. The van der Waals surface area contributed by atoms with Crippen LogP contribution in [0.3, 0.4) is 0 Å². The van der Waals surface area contributed by atoms with Gasteiger partial charge in [-0.3, -0.25) is 0 Å². The number of nitrogens with zero attached hydrogens (tertiary/aromatic N) is 1. The first kappa shape index (κ1) is 14.3. The average Bonchev–Trinajstić information content (AvgIpc) is 2.99. The fraction of sp³-hybridized carbons (Fsp3) is 0.455. The fourth-order valence-electron chi connectivity index (χ4n) is 1.96. The molecule has 2 rings (SSSR count). The molecule has 0 amide bonds. The van der Waals surface area contributed by atoms with E-state index in [0.29, 0.717) is 11.0 Å². The van der Waals surface area contributed by atoms with Gasteiger partial charge in [0.2, 0.25) is 10.0 Å². The van der Waals surface area contributed by atoms with E-state index in [-0.39, 0.29) is 16.6 Å². The van der Waals surface area contributed by atoms with Crippen molar-refractivity contribution in [2.75, 3.05) is 12.3 Å². The highest BCUT2D eigenvalue weighted by Crippen LogP contribution is 2.37. The maximum Gasteiger partial charge on any atom is 0.246 e. The minimum Gasteiger partial charge on any atom is -0.398 e. The van der Waals surface area contributed by atoms with Gasteiger partial charge in [-0.05, 0) is 40.9 Å². The normalized spacial score (nSPS) is 16.2. The van der Waals surface area contributed by atoms with E-state index in [1.807, 2.05) is 6.92 Å². The first-order valence-electron chi connectivity index (χ1n) is 5.64. The van der Waals surface area contributed by atoms with Crippen LogP contribution in [0.5, 0.6) is 0 Å². The van der Waals surface area contributed by atoms with Crippen LogP contribution in [0.2, 0.25) is 0 Å². The molecule has 0 atom stereocenters. The molecule has 1 aliphatic rings. The Kier molecular flexibility index (Phi) is 4.06. The molecule has 0 heterocycles. The summed E-state index contributed by atoms with van der Waals surface area (Å²) < 4.78 is 28.0. The topological polar surface area (TPSA) is 63.4 Å². The van der Waals surface area contributed by atoms with E-state index in [1.54, 1.807) is 12.1 Å². The van der Waals surface area contributed by atoms with Gasteiger partial charge >= 0.3 is 0 Å². The molecule has 2 N–H and O–H groups in total. The van der Waals surface area contributed by atoms with Gasteiger partial charge in [-0.2, -0.15) is 4.31 Å². The Bertz CT molecular complexity index is 547. The van der Waals surface area contributed by atoms with Crippen LogP contribution in [-0.2, 0) is 10.0 Å². The smallest absolute Gasteiger partial charge is 0.246 e. The quantitative estimate of drug-likeness (QED) is 0.794. The molecule has 1 aromatic carbocycles. The molecule has 1 fully saturated rings. The largest absolute Gasteiger partial charge is 0.398 e. The minimum absolute atomic E-state index is 0.134. The van der Waals surface area contributed by atoms with Crippen LogP contribution in [0, 0.1) is 0 Å². The maximum atomic E-state index is 12.6. The van der Waals surface area contributed by atoms with Gasteiger partial charge in [0.15, 0.2) is 0 Å². The Balaban J connectivity index is 2.53. The molecule has 100 valence electrons. The first-order chi connectivity index (χ1) is 8.37. The van der Waals surface area contributed by atoms with Crippen LogP contribution in [0.15, 0.2) is 26.0 Å². The van der Waals surface area contributed by atoms with E-state index in [0.717, 1.165) is 17.3 Å². The van der Waals surface area contributed by atoms with Crippen LogP contribution in [0.4, 0.5) is 5.69 Å². The zero-order valence-electron chi connectivity index (χ0n) is 9.86. The third kappa shape index (κ3) is 2.59. The lowest BCUT2D eigenvalue weighted by molar-refractivity contribution is 0.421. The van der Waals surface area contributed by atoms with Crippen molar-refractivity contribution in [1.29, 1.82) is 0 Å². The lowest BCUT2D eigenvalue weighted by Gasteiger charge is -2.21. The van der Waals surface area contributed by atoms with E-state index in [9.17, 15) is 8.42 Å². The van der Waals surface area contributed by atoms with Crippen molar-refractivity contribution in [3.63, 3.8) is 0 Å². The van der Waals surface area contributed by atoms with E-state index < -0.39 is 10.0 Å². The molecule has 0 radical (unpaired) electrons. The average molecular weight is 398 g/mol. The standard InChI is InChI=1S/C11H14Br2N2O2S/c1-2-15(8-3-4-8)18(16,17)11-9(13)5-7(12)6-10(11)14/h5-6,8H,2-4,14H2,1H3. The van der Waals surface area contributed by atoms with E-state index in [4.69, 9.17) is 5.73 Å². The summed E-state index contributed by atoms with van der Waals surface area (Å²) in [5.41, 5.74) is 6.12. The maximum absolute atomic E-state index is 12.6. The number of sulfonamides is 1. The number of rotatable bonds is 4. The zero-order valence-corrected chi connectivity index (χ0v) is 13.8. The summed E-state index contributed by atoms with van der Waals surface area (Å²) in [5.74, 6) is 0.